The van der Waals surface area contributed by atoms with Crippen LogP contribution in [0.2, 0.25) is 0 Å². The molecule has 0 unspecified atom stereocenters. The smallest absolute Gasteiger partial charge is 0.244 e. The number of rotatable bonds is 11. The van der Waals surface area contributed by atoms with Gasteiger partial charge >= 0.3 is 0 Å². The van der Waals surface area contributed by atoms with Gasteiger partial charge in [0.2, 0.25) is 5.91 Å². The number of nitrogens with one attached hydrogen (secondary N) is 1. The predicted molar refractivity (Wildman–Crippen MR) is 114 cm³/mol. The van der Waals surface area contributed by atoms with Crippen molar-refractivity contribution in [2.45, 2.75) is 20.3 Å². The topological polar surface area (TPSA) is 66.0 Å². The molecule has 0 radical (unpaired) electrons. The first-order chi connectivity index (χ1) is 14.1. The van der Waals surface area contributed by atoms with Gasteiger partial charge in [-0.1, -0.05) is 12.1 Å². The van der Waals surface area contributed by atoms with Gasteiger partial charge in [0.05, 0.1) is 27.4 Å². The van der Waals surface area contributed by atoms with Crippen molar-refractivity contribution in [3.05, 3.63) is 53.6 Å². The van der Waals surface area contributed by atoms with Crippen LogP contribution in [0.25, 0.3) is 6.08 Å². The Bertz CT molecular complexity index is 832. The molecule has 0 fully saturated rings. The molecule has 1 amide bonds. The highest BCUT2D eigenvalue weighted by molar-refractivity contribution is 5.91. The zero-order valence-corrected chi connectivity index (χ0v) is 17.5. The normalized spacial score (nSPS) is 10.6. The lowest BCUT2D eigenvalue weighted by Crippen LogP contribution is -2.23. The molecule has 2 rings (SSSR count). The molecular formula is C23H29NO5. The van der Waals surface area contributed by atoms with Crippen molar-refractivity contribution in [2.24, 2.45) is 0 Å². The third-order valence-electron chi connectivity index (χ3n) is 4.16. The first-order valence-corrected chi connectivity index (χ1v) is 9.67. The van der Waals surface area contributed by atoms with Gasteiger partial charge in [-0.05, 0) is 61.7 Å². The van der Waals surface area contributed by atoms with E-state index in [1.807, 2.05) is 50.2 Å². The summed E-state index contributed by atoms with van der Waals surface area (Å²) in [5.41, 5.74) is 1.92. The third kappa shape index (κ3) is 6.75. The fourth-order valence-electron chi connectivity index (χ4n) is 2.77. The zero-order chi connectivity index (χ0) is 21.1. The predicted octanol–water partition coefficient (Wildman–Crippen LogP) is 3.87. The van der Waals surface area contributed by atoms with Gasteiger partial charge in [-0.2, -0.15) is 0 Å². The number of hydrogen-bond acceptors (Lipinski definition) is 5. The second kappa shape index (κ2) is 11.6. The van der Waals surface area contributed by atoms with E-state index in [9.17, 15) is 4.79 Å². The molecule has 0 aliphatic rings. The number of hydrogen-bond donors (Lipinski definition) is 1. The Kier molecular flexibility index (Phi) is 8.89. The molecule has 29 heavy (non-hydrogen) atoms. The summed E-state index contributed by atoms with van der Waals surface area (Å²) in [7, 11) is 3.21. The Labute approximate surface area is 172 Å². The molecule has 0 aliphatic heterocycles. The minimum absolute atomic E-state index is 0.155. The third-order valence-corrected chi connectivity index (χ3v) is 4.16. The van der Waals surface area contributed by atoms with Gasteiger partial charge in [-0.15, -0.1) is 0 Å². The van der Waals surface area contributed by atoms with Gasteiger partial charge in [0.15, 0.2) is 23.0 Å². The molecule has 0 aromatic heterocycles. The fraction of sp³-hybridized carbons (Fsp3) is 0.348. The minimum Gasteiger partial charge on any atom is -0.493 e. The summed E-state index contributed by atoms with van der Waals surface area (Å²) in [5, 5.41) is 2.89. The van der Waals surface area contributed by atoms with E-state index in [0.717, 1.165) is 11.1 Å². The highest BCUT2D eigenvalue weighted by Gasteiger charge is 2.06. The maximum absolute atomic E-state index is 12.1. The number of benzene rings is 2. The maximum atomic E-state index is 12.1. The summed E-state index contributed by atoms with van der Waals surface area (Å²) in [4.78, 5) is 12.1. The quantitative estimate of drug-likeness (QED) is 0.581. The molecule has 0 spiro atoms. The lowest BCUT2D eigenvalue weighted by molar-refractivity contribution is -0.116. The van der Waals surface area contributed by atoms with E-state index >= 15 is 0 Å². The van der Waals surface area contributed by atoms with E-state index in [4.69, 9.17) is 18.9 Å². The lowest BCUT2D eigenvalue weighted by Gasteiger charge is -2.11. The molecule has 1 N–H and O–H groups in total. The Morgan fingerprint density at radius 1 is 0.897 bits per heavy atom. The van der Waals surface area contributed by atoms with Gasteiger partial charge in [0.25, 0.3) is 0 Å². The first kappa shape index (κ1) is 22.1. The van der Waals surface area contributed by atoms with Crippen molar-refractivity contribution in [1.82, 2.24) is 5.32 Å². The SMILES string of the molecule is CCOc1ccc(/C=C/C(=O)NCCc2ccc(OC)c(OC)c2)cc1OCC. The van der Waals surface area contributed by atoms with E-state index < -0.39 is 0 Å². The molecule has 2 aromatic carbocycles. The maximum Gasteiger partial charge on any atom is 0.244 e. The van der Waals surface area contributed by atoms with Gasteiger partial charge in [0, 0.05) is 12.6 Å². The molecule has 0 saturated carbocycles. The standard InChI is InChI=1S/C23H29NO5/c1-5-28-20-11-8-17(16-22(20)29-6-2)9-12-23(25)24-14-13-18-7-10-19(26-3)21(15-18)27-4/h7-12,15-16H,5-6,13-14H2,1-4H3,(H,24,25)/b12-9+. The Balaban J connectivity index is 1.90. The van der Waals surface area contributed by atoms with E-state index in [2.05, 4.69) is 5.32 Å². The minimum atomic E-state index is -0.155. The summed E-state index contributed by atoms with van der Waals surface area (Å²) >= 11 is 0. The van der Waals surface area contributed by atoms with Crippen molar-refractivity contribution in [3.63, 3.8) is 0 Å². The van der Waals surface area contributed by atoms with Gasteiger partial charge in [0.1, 0.15) is 0 Å². The van der Waals surface area contributed by atoms with Crippen LogP contribution in [-0.2, 0) is 11.2 Å². The molecule has 6 heteroatoms. The molecule has 0 saturated heterocycles. The summed E-state index contributed by atoms with van der Waals surface area (Å²) in [6.07, 6.45) is 3.96. The molecule has 2 aromatic rings. The van der Waals surface area contributed by atoms with Crippen LogP contribution in [0.15, 0.2) is 42.5 Å². The molecular weight excluding hydrogens is 370 g/mol. The Morgan fingerprint density at radius 2 is 1.59 bits per heavy atom. The highest BCUT2D eigenvalue weighted by Crippen LogP contribution is 2.29. The Hall–Kier alpha value is -3.15. The summed E-state index contributed by atoms with van der Waals surface area (Å²) < 4.78 is 21.7. The van der Waals surface area contributed by atoms with Gasteiger partial charge < -0.3 is 24.3 Å². The number of carbonyl (C=O) groups is 1. The molecule has 0 atom stereocenters. The molecule has 6 nitrogen and oxygen atoms in total. The largest absolute Gasteiger partial charge is 0.493 e. The number of ether oxygens (including phenoxy) is 4. The van der Waals surface area contributed by atoms with E-state index in [1.165, 1.54) is 6.08 Å². The summed E-state index contributed by atoms with van der Waals surface area (Å²) in [5.74, 6) is 2.58. The van der Waals surface area contributed by atoms with Crippen molar-refractivity contribution in [1.29, 1.82) is 0 Å². The average molecular weight is 399 g/mol. The fourth-order valence-corrected chi connectivity index (χ4v) is 2.77. The first-order valence-electron chi connectivity index (χ1n) is 9.67. The van der Waals surface area contributed by atoms with Crippen molar-refractivity contribution < 1.29 is 23.7 Å². The number of amides is 1. The second-order valence-electron chi connectivity index (χ2n) is 6.14. The van der Waals surface area contributed by atoms with Crippen LogP contribution in [0.4, 0.5) is 0 Å². The molecule has 0 aliphatic carbocycles. The van der Waals surface area contributed by atoms with E-state index in [-0.39, 0.29) is 5.91 Å². The van der Waals surface area contributed by atoms with Gasteiger partial charge in [-0.3, -0.25) is 4.79 Å². The average Bonchev–Trinajstić information content (AvgIpc) is 2.74. The number of methoxy groups -OCH3 is 2. The van der Waals surface area contributed by atoms with Crippen LogP contribution >= 0.6 is 0 Å². The van der Waals surface area contributed by atoms with Crippen LogP contribution in [0.5, 0.6) is 23.0 Å². The second-order valence-corrected chi connectivity index (χ2v) is 6.14. The monoisotopic (exact) mass is 399 g/mol. The van der Waals surface area contributed by atoms with Crippen molar-refractivity contribution >= 4 is 12.0 Å². The van der Waals surface area contributed by atoms with Crippen LogP contribution in [0, 0.1) is 0 Å². The van der Waals surface area contributed by atoms with Crippen molar-refractivity contribution in [3.8, 4) is 23.0 Å². The van der Waals surface area contributed by atoms with Crippen molar-refractivity contribution in [2.75, 3.05) is 34.0 Å². The molecule has 0 heterocycles. The molecule has 0 bridgehead atoms. The zero-order valence-electron chi connectivity index (χ0n) is 17.5. The van der Waals surface area contributed by atoms with Crippen LogP contribution in [0.1, 0.15) is 25.0 Å². The van der Waals surface area contributed by atoms with Crippen LogP contribution < -0.4 is 24.3 Å². The number of carbonyl (C=O) groups excluding carboxylic acids is 1. The highest BCUT2D eigenvalue weighted by atomic mass is 16.5. The molecule has 156 valence electrons. The summed E-state index contributed by atoms with van der Waals surface area (Å²) in [6.45, 7) is 5.48. The van der Waals surface area contributed by atoms with Gasteiger partial charge in [-0.25, -0.2) is 0 Å². The van der Waals surface area contributed by atoms with Crippen LogP contribution in [-0.4, -0.2) is 39.9 Å². The lowest BCUT2D eigenvalue weighted by atomic mass is 10.1. The summed E-state index contributed by atoms with van der Waals surface area (Å²) in [6, 6.07) is 11.3. The Morgan fingerprint density at radius 3 is 2.28 bits per heavy atom. The van der Waals surface area contributed by atoms with E-state index in [0.29, 0.717) is 49.2 Å². The van der Waals surface area contributed by atoms with E-state index in [1.54, 1.807) is 20.3 Å². The van der Waals surface area contributed by atoms with Crippen LogP contribution in [0.3, 0.4) is 0 Å².